The second kappa shape index (κ2) is 8.21. The van der Waals surface area contributed by atoms with E-state index in [1.54, 1.807) is 43.6 Å². The number of carbonyl (C=O) groups is 1. The van der Waals surface area contributed by atoms with Gasteiger partial charge in [-0.15, -0.1) is 12.4 Å². The lowest BCUT2D eigenvalue weighted by molar-refractivity contribution is 0.0950. The Kier molecular flexibility index (Phi) is 6.62. The van der Waals surface area contributed by atoms with Gasteiger partial charge in [-0.3, -0.25) is 9.78 Å². The fourth-order valence-corrected chi connectivity index (χ4v) is 1.71. The van der Waals surface area contributed by atoms with Crippen LogP contribution in [0.5, 0.6) is 5.75 Å². The molecule has 0 atom stereocenters. The number of ether oxygens (including phenoxy) is 1. The van der Waals surface area contributed by atoms with Crippen LogP contribution in [0.2, 0.25) is 0 Å². The number of rotatable bonds is 5. The maximum absolute atomic E-state index is 13.6. The summed E-state index contributed by atoms with van der Waals surface area (Å²) in [7, 11) is 0. The highest BCUT2D eigenvalue weighted by molar-refractivity contribution is 5.93. The molecule has 1 heterocycles. The summed E-state index contributed by atoms with van der Waals surface area (Å²) >= 11 is 0. The molecule has 0 unspecified atom stereocenters. The van der Waals surface area contributed by atoms with E-state index >= 15 is 0 Å². The van der Waals surface area contributed by atoms with Crippen LogP contribution in [0.4, 0.5) is 4.39 Å². The van der Waals surface area contributed by atoms with Gasteiger partial charge in [0, 0.05) is 24.5 Å². The number of hydrogen-bond donors (Lipinski definition) is 1. The van der Waals surface area contributed by atoms with Crippen LogP contribution < -0.4 is 10.1 Å². The van der Waals surface area contributed by atoms with Crippen molar-refractivity contribution in [2.75, 3.05) is 6.61 Å². The highest BCUT2D eigenvalue weighted by Gasteiger charge is 2.07. The zero-order valence-electron chi connectivity index (χ0n) is 11.5. The van der Waals surface area contributed by atoms with Crippen molar-refractivity contribution in [3.63, 3.8) is 0 Å². The highest BCUT2D eigenvalue weighted by atomic mass is 35.5. The monoisotopic (exact) mass is 310 g/mol. The first-order valence-corrected chi connectivity index (χ1v) is 6.30. The van der Waals surface area contributed by atoms with Crippen molar-refractivity contribution in [1.29, 1.82) is 0 Å². The van der Waals surface area contributed by atoms with Crippen molar-refractivity contribution in [2.24, 2.45) is 0 Å². The van der Waals surface area contributed by atoms with Crippen LogP contribution in [-0.4, -0.2) is 17.5 Å². The molecule has 0 spiro atoms. The quantitative estimate of drug-likeness (QED) is 0.923. The topological polar surface area (TPSA) is 51.2 Å². The van der Waals surface area contributed by atoms with Gasteiger partial charge >= 0.3 is 0 Å². The third-order valence-corrected chi connectivity index (χ3v) is 2.69. The van der Waals surface area contributed by atoms with Gasteiger partial charge in [-0.25, -0.2) is 4.39 Å². The molecule has 0 aliphatic heterocycles. The predicted octanol–water partition coefficient (Wildman–Crippen LogP) is 2.97. The zero-order chi connectivity index (χ0) is 14.4. The molecular formula is C15H16ClFN2O2. The maximum atomic E-state index is 13.6. The second-order valence-electron chi connectivity index (χ2n) is 4.12. The molecule has 2 aromatic rings. The summed E-state index contributed by atoms with van der Waals surface area (Å²) < 4.78 is 18.8. The first kappa shape index (κ1) is 16.9. The smallest absolute Gasteiger partial charge is 0.251 e. The Morgan fingerprint density at radius 3 is 2.62 bits per heavy atom. The van der Waals surface area contributed by atoms with Gasteiger partial charge in [0.2, 0.25) is 0 Å². The van der Waals surface area contributed by atoms with Gasteiger partial charge in [0.05, 0.1) is 6.61 Å². The number of halogens is 2. The summed E-state index contributed by atoms with van der Waals surface area (Å²) in [5.41, 5.74) is 1.19. The first-order chi connectivity index (χ1) is 9.70. The number of hydrogen-bond acceptors (Lipinski definition) is 3. The minimum Gasteiger partial charge on any atom is -0.491 e. The van der Waals surface area contributed by atoms with Crippen molar-refractivity contribution < 1.29 is 13.9 Å². The molecule has 1 amide bonds. The Morgan fingerprint density at radius 2 is 2.00 bits per heavy atom. The number of nitrogens with one attached hydrogen (secondary N) is 1. The molecular weight excluding hydrogens is 295 g/mol. The minimum atomic E-state index is -0.428. The summed E-state index contributed by atoms with van der Waals surface area (Å²) in [5.74, 6) is -0.430. The second-order valence-corrected chi connectivity index (χ2v) is 4.12. The van der Waals surface area contributed by atoms with Gasteiger partial charge in [-0.2, -0.15) is 0 Å². The van der Waals surface area contributed by atoms with E-state index in [1.807, 2.05) is 0 Å². The lowest BCUT2D eigenvalue weighted by Gasteiger charge is -2.08. The molecule has 0 fully saturated rings. The number of carbonyl (C=O) groups excluding carboxylic acids is 1. The Hall–Kier alpha value is -2.14. The van der Waals surface area contributed by atoms with Crippen LogP contribution in [0.15, 0.2) is 42.7 Å². The summed E-state index contributed by atoms with van der Waals surface area (Å²) in [5, 5.41) is 2.72. The Labute approximate surface area is 128 Å². The fraction of sp³-hybridized carbons (Fsp3) is 0.200. The van der Waals surface area contributed by atoms with Gasteiger partial charge in [0.1, 0.15) is 0 Å². The van der Waals surface area contributed by atoms with Gasteiger partial charge in [-0.05, 0) is 36.8 Å². The molecule has 1 N–H and O–H groups in total. The van der Waals surface area contributed by atoms with Crippen LogP contribution in [0.25, 0.3) is 0 Å². The summed E-state index contributed by atoms with van der Waals surface area (Å²) in [6, 6.07) is 7.88. The summed E-state index contributed by atoms with van der Waals surface area (Å²) in [4.78, 5) is 15.7. The van der Waals surface area contributed by atoms with Crippen LogP contribution in [0, 0.1) is 5.82 Å². The van der Waals surface area contributed by atoms with Crippen LogP contribution in [0.1, 0.15) is 22.8 Å². The first-order valence-electron chi connectivity index (χ1n) is 6.30. The number of nitrogens with zero attached hydrogens (tertiary/aromatic N) is 1. The van der Waals surface area contributed by atoms with Crippen molar-refractivity contribution >= 4 is 18.3 Å². The molecule has 0 radical (unpaired) electrons. The number of pyridine rings is 1. The molecule has 1 aromatic carbocycles. The molecule has 0 bridgehead atoms. The largest absolute Gasteiger partial charge is 0.491 e. The number of benzene rings is 1. The van der Waals surface area contributed by atoms with E-state index in [-0.39, 0.29) is 30.6 Å². The average molecular weight is 311 g/mol. The molecule has 0 aliphatic carbocycles. The van der Waals surface area contributed by atoms with Crippen molar-refractivity contribution in [3.8, 4) is 5.75 Å². The van der Waals surface area contributed by atoms with Crippen LogP contribution in [0.3, 0.4) is 0 Å². The zero-order valence-corrected chi connectivity index (χ0v) is 12.3. The van der Waals surface area contributed by atoms with Gasteiger partial charge < -0.3 is 10.1 Å². The van der Waals surface area contributed by atoms with E-state index in [9.17, 15) is 9.18 Å². The van der Waals surface area contributed by atoms with E-state index in [0.717, 1.165) is 0 Å². The van der Waals surface area contributed by atoms with E-state index in [2.05, 4.69) is 10.3 Å². The van der Waals surface area contributed by atoms with Gasteiger partial charge in [0.25, 0.3) is 5.91 Å². The molecule has 0 saturated carbocycles. The molecule has 6 heteroatoms. The van der Waals surface area contributed by atoms with Gasteiger partial charge in [-0.1, -0.05) is 6.07 Å². The van der Waals surface area contributed by atoms with E-state index in [4.69, 9.17) is 4.74 Å². The molecule has 4 nitrogen and oxygen atoms in total. The number of aromatic nitrogens is 1. The summed E-state index contributed by atoms with van der Waals surface area (Å²) in [6.45, 7) is 2.46. The van der Waals surface area contributed by atoms with E-state index in [0.29, 0.717) is 17.7 Å². The normalized spacial score (nSPS) is 9.62. The Balaban J connectivity index is 0.00000220. The highest BCUT2D eigenvalue weighted by Crippen LogP contribution is 2.18. The Morgan fingerprint density at radius 1 is 1.29 bits per heavy atom. The van der Waals surface area contributed by atoms with Gasteiger partial charge in [0.15, 0.2) is 11.6 Å². The third kappa shape index (κ3) is 4.72. The molecule has 0 saturated heterocycles. The lowest BCUT2D eigenvalue weighted by atomic mass is 10.2. The lowest BCUT2D eigenvalue weighted by Crippen LogP contribution is -2.22. The van der Waals surface area contributed by atoms with E-state index < -0.39 is 5.82 Å². The SMILES string of the molecule is CCOc1ccc(CNC(=O)c2ccncc2)cc1F.Cl. The van der Waals surface area contributed by atoms with E-state index in [1.165, 1.54) is 6.07 Å². The predicted molar refractivity (Wildman–Crippen MR) is 80.2 cm³/mol. The van der Waals surface area contributed by atoms with Crippen molar-refractivity contribution in [3.05, 3.63) is 59.7 Å². The third-order valence-electron chi connectivity index (χ3n) is 2.69. The Bertz CT molecular complexity index is 593. The van der Waals surface area contributed by atoms with Crippen molar-refractivity contribution in [1.82, 2.24) is 10.3 Å². The molecule has 2 rings (SSSR count). The van der Waals surface area contributed by atoms with Crippen LogP contribution >= 0.6 is 12.4 Å². The molecule has 112 valence electrons. The molecule has 0 aliphatic rings. The van der Waals surface area contributed by atoms with Crippen LogP contribution in [-0.2, 0) is 6.54 Å². The number of amides is 1. The summed E-state index contributed by atoms with van der Waals surface area (Å²) in [6.07, 6.45) is 3.09. The van der Waals surface area contributed by atoms with Crippen molar-refractivity contribution in [2.45, 2.75) is 13.5 Å². The molecule has 1 aromatic heterocycles. The maximum Gasteiger partial charge on any atom is 0.251 e. The minimum absolute atomic E-state index is 0. The average Bonchev–Trinajstić information content (AvgIpc) is 2.48. The standard InChI is InChI=1S/C15H15FN2O2.ClH/c1-2-20-14-4-3-11(9-13(14)16)10-18-15(19)12-5-7-17-8-6-12;/h3-9H,2,10H2,1H3,(H,18,19);1H. The molecule has 21 heavy (non-hydrogen) atoms. The fourth-order valence-electron chi connectivity index (χ4n) is 1.71.